The van der Waals surface area contributed by atoms with Crippen molar-refractivity contribution < 1.29 is 9.53 Å². The van der Waals surface area contributed by atoms with Gasteiger partial charge in [0.25, 0.3) is 5.56 Å². The summed E-state index contributed by atoms with van der Waals surface area (Å²) in [7, 11) is 0. The Morgan fingerprint density at radius 2 is 2.07 bits per heavy atom. The van der Waals surface area contributed by atoms with Gasteiger partial charge in [-0.2, -0.15) is 0 Å². The molecular weight excluding hydrogens is 378 g/mol. The molecule has 1 aliphatic heterocycles. The Hall–Kier alpha value is -2.78. The number of rotatable bonds is 6. The maximum absolute atomic E-state index is 13.1. The number of thiazole rings is 1. The van der Waals surface area contributed by atoms with Crippen molar-refractivity contribution in [2.45, 2.75) is 19.5 Å². The SMILES string of the molecule is O=C(CCn1c(=O)c(N2CCOCC2)nc2ccccc21)NCc1nccs1. The maximum atomic E-state index is 13.1. The van der Waals surface area contributed by atoms with Gasteiger partial charge in [-0.1, -0.05) is 12.1 Å². The summed E-state index contributed by atoms with van der Waals surface area (Å²) in [6.07, 6.45) is 1.92. The minimum Gasteiger partial charge on any atom is -0.378 e. The second-order valence-corrected chi connectivity index (χ2v) is 7.41. The van der Waals surface area contributed by atoms with Gasteiger partial charge in [-0.15, -0.1) is 11.3 Å². The normalized spacial score (nSPS) is 14.4. The van der Waals surface area contributed by atoms with Crippen LogP contribution in [0.15, 0.2) is 40.6 Å². The Labute approximate surface area is 165 Å². The summed E-state index contributed by atoms with van der Waals surface area (Å²) < 4.78 is 7.03. The molecule has 0 aliphatic carbocycles. The third-order valence-corrected chi connectivity index (χ3v) is 5.41. The van der Waals surface area contributed by atoms with Gasteiger partial charge in [-0.25, -0.2) is 9.97 Å². The molecule has 1 saturated heterocycles. The first-order valence-electron chi connectivity index (χ1n) is 9.20. The Kier molecular flexibility index (Phi) is 5.63. The van der Waals surface area contributed by atoms with Gasteiger partial charge < -0.3 is 19.5 Å². The highest BCUT2D eigenvalue weighted by atomic mass is 32.1. The molecule has 1 amide bonds. The molecule has 8 nitrogen and oxygen atoms in total. The zero-order valence-corrected chi connectivity index (χ0v) is 16.2. The van der Waals surface area contributed by atoms with Crippen LogP contribution in [0.5, 0.6) is 0 Å². The summed E-state index contributed by atoms with van der Waals surface area (Å²) in [5.41, 5.74) is 1.30. The second kappa shape index (κ2) is 8.49. The smallest absolute Gasteiger partial charge is 0.294 e. The van der Waals surface area contributed by atoms with E-state index in [4.69, 9.17) is 4.74 Å². The number of benzene rings is 1. The van der Waals surface area contributed by atoms with Gasteiger partial charge >= 0.3 is 0 Å². The molecule has 1 aromatic carbocycles. The van der Waals surface area contributed by atoms with Crippen molar-refractivity contribution in [3.05, 3.63) is 51.2 Å². The van der Waals surface area contributed by atoms with Crippen molar-refractivity contribution >= 4 is 34.1 Å². The van der Waals surface area contributed by atoms with E-state index in [-0.39, 0.29) is 17.9 Å². The lowest BCUT2D eigenvalue weighted by atomic mass is 10.2. The van der Waals surface area contributed by atoms with Gasteiger partial charge in [0.1, 0.15) is 5.01 Å². The highest BCUT2D eigenvalue weighted by Crippen LogP contribution is 2.16. The van der Waals surface area contributed by atoms with Crippen LogP contribution in [0.3, 0.4) is 0 Å². The van der Waals surface area contributed by atoms with Crippen LogP contribution in [0, 0.1) is 0 Å². The number of fused-ring (bicyclic) bond motifs is 1. The molecule has 0 atom stereocenters. The molecule has 28 heavy (non-hydrogen) atoms. The average molecular weight is 399 g/mol. The van der Waals surface area contributed by atoms with Crippen molar-refractivity contribution in [2.24, 2.45) is 0 Å². The van der Waals surface area contributed by atoms with Crippen LogP contribution in [0.25, 0.3) is 11.0 Å². The van der Waals surface area contributed by atoms with E-state index in [1.165, 1.54) is 11.3 Å². The molecule has 146 valence electrons. The van der Waals surface area contributed by atoms with Crippen molar-refractivity contribution in [2.75, 3.05) is 31.2 Å². The second-order valence-electron chi connectivity index (χ2n) is 6.43. The highest BCUT2D eigenvalue weighted by Gasteiger charge is 2.19. The molecule has 3 aromatic rings. The molecule has 0 bridgehead atoms. The molecule has 0 unspecified atom stereocenters. The van der Waals surface area contributed by atoms with E-state index in [9.17, 15) is 9.59 Å². The van der Waals surface area contributed by atoms with E-state index in [0.29, 0.717) is 45.2 Å². The van der Waals surface area contributed by atoms with Crippen LogP contribution < -0.4 is 15.8 Å². The fourth-order valence-electron chi connectivity index (χ4n) is 3.20. The number of ether oxygens (including phenoxy) is 1. The number of nitrogens with zero attached hydrogens (tertiary/aromatic N) is 4. The predicted octanol–water partition coefficient (Wildman–Crippen LogP) is 1.40. The van der Waals surface area contributed by atoms with Crippen LogP contribution >= 0.6 is 11.3 Å². The molecule has 0 saturated carbocycles. The third kappa shape index (κ3) is 4.05. The number of aromatic nitrogens is 3. The van der Waals surface area contributed by atoms with Crippen molar-refractivity contribution in [3.63, 3.8) is 0 Å². The molecule has 2 aromatic heterocycles. The summed E-state index contributed by atoms with van der Waals surface area (Å²) in [4.78, 5) is 36.1. The number of morpholine rings is 1. The molecule has 1 aliphatic rings. The molecular formula is C19H21N5O3S. The minimum atomic E-state index is -0.173. The van der Waals surface area contributed by atoms with Gasteiger partial charge in [0, 0.05) is 37.6 Å². The Morgan fingerprint density at radius 1 is 1.25 bits per heavy atom. The van der Waals surface area contributed by atoms with Gasteiger partial charge in [0.2, 0.25) is 5.91 Å². The monoisotopic (exact) mass is 399 g/mol. The summed E-state index contributed by atoms with van der Waals surface area (Å²) in [5, 5.41) is 5.58. The third-order valence-electron chi connectivity index (χ3n) is 4.63. The van der Waals surface area contributed by atoms with E-state index in [1.807, 2.05) is 34.5 Å². The van der Waals surface area contributed by atoms with Crippen LogP contribution in [0.1, 0.15) is 11.4 Å². The molecule has 0 radical (unpaired) electrons. The van der Waals surface area contributed by atoms with Crippen LogP contribution in [0.2, 0.25) is 0 Å². The Morgan fingerprint density at radius 3 is 2.86 bits per heavy atom. The zero-order valence-electron chi connectivity index (χ0n) is 15.3. The lowest BCUT2D eigenvalue weighted by molar-refractivity contribution is -0.121. The number of hydrogen-bond acceptors (Lipinski definition) is 7. The number of para-hydroxylation sites is 2. The lowest BCUT2D eigenvalue weighted by Crippen LogP contribution is -2.41. The van der Waals surface area contributed by atoms with Gasteiger partial charge in [-0.05, 0) is 12.1 Å². The molecule has 1 fully saturated rings. The quantitative estimate of drug-likeness (QED) is 0.674. The summed E-state index contributed by atoms with van der Waals surface area (Å²) in [6.45, 7) is 3.12. The van der Waals surface area contributed by atoms with Crippen LogP contribution in [0.4, 0.5) is 5.82 Å². The first-order chi connectivity index (χ1) is 13.7. The van der Waals surface area contributed by atoms with Gasteiger partial charge in [0.05, 0.1) is 30.8 Å². The summed E-state index contributed by atoms with van der Waals surface area (Å²) >= 11 is 1.50. The largest absolute Gasteiger partial charge is 0.378 e. The Balaban J connectivity index is 1.55. The number of carbonyl (C=O) groups excluding carboxylic acids is 1. The molecule has 3 heterocycles. The van der Waals surface area contributed by atoms with Crippen LogP contribution in [-0.4, -0.2) is 46.7 Å². The fourth-order valence-corrected chi connectivity index (χ4v) is 3.75. The number of hydrogen-bond donors (Lipinski definition) is 1. The molecule has 1 N–H and O–H groups in total. The predicted molar refractivity (Wildman–Crippen MR) is 108 cm³/mol. The minimum absolute atomic E-state index is 0.115. The molecule has 4 rings (SSSR count). The summed E-state index contributed by atoms with van der Waals surface area (Å²) in [5.74, 6) is 0.307. The van der Waals surface area contributed by atoms with E-state index in [0.717, 1.165) is 16.0 Å². The van der Waals surface area contributed by atoms with Gasteiger partial charge in [-0.3, -0.25) is 9.59 Å². The fraction of sp³-hybridized carbons (Fsp3) is 0.368. The molecule has 9 heteroatoms. The van der Waals surface area contributed by atoms with E-state index < -0.39 is 0 Å². The lowest BCUT2D eigenvalue weighted by Gasteiger charge is -2.28. The first kappa shape index (κ1) is 18.6. The number of amides is 1. The van der Waals surface area contributed by atoms with Crippen molar-refractivity contribution in [3.8, 4) is 0 Å². The number of carbonyl (C=O) groups is 1. The summed E-state index contributed by atoms with van der Waals surface area (Å²) in [6, 6.07) is 7.52. The van der Waals surface area contributed by atoms with Crippen molar-refractivity contribution in [1.82, 2.24) is 19.9 Å². The maximum Gasteiger partial charge on any atom is 0.294 e. The van der Waals surface area contributed by atoms with E-state index in [2.05, 4.69) is 15.3 Å². The number of anilines is 1. The zero-order chi connectivity index (χ0) is 19.3. The topological polar surface area (TPSA) is 89.4 Å². The number of aryl methyl sites for hydroxylation is 1. The number of nitrogens with one attached hydrogen (secondary N) is 1. The van der Waals surface area contributed by atoms with Gasteiger partial charge in [0.15, 0.2) is 5.82 Å². The standard InChI is InChI=1S/C19H21N5O3S/c25-16(21-13-17-20-6-12-28-17)5-7-24-15-4-2-1-3-14(15)22-18(19(24)26)23-8-10-27-11-9-23/h1-4,6,12H,5,7-11,13H2,(H,21,25). The highest BCUT2D eigenvalue weighted by molar-refractivity contribution is 7.09. The molecule has 0 spiro atoms. The average Bonchev–Trinajstić information content (AvgIpc) is 3.25. The van der Waals surface area contributed by atoms with Crippen LogP contribution in [-0.2, 0) is 22.6 Å². The first-order valence-corrected chi connectivity index (χ1v) is 10.1. The Bertz CT molecular complexity index is 1010. The van der Waals surface area contributed by atoms with E-state index in [1.54, 1.807) is 10.8 Å². The van der Waals surface area contributed by atoms with E-state index >= 15 is 0 Å². The van der Waals surface area contributed by atoms with Crippen molar-refractivity contribution in [1.29, 1.82) is 0 Å².